The van der Waals surface area contributed by atoms with E-state index < -0.39 is 30.1 Å². The highest BCUT2D eigenvalue weighted by Gasteiger charge is 2.29. The van der Waals surface area contributed by atoms with E-state index in [9.17, 15) is 24.6 Å². The van der Waals surface area contributed by atoms with Crippen molar-refractivity contribution in [2.75, 3.05) is 19.8 Å². The van der Waals surface area contributed by atoms with Gasteiger partial charge in [-0.3, -0.25) is 4.79 Å². The summed E-state index contributed by atoms with van der Waals surface area (Å²) >= 11 is 0. The molecule has 0 saturated heterocycles. The van der Waals surface area contributed by atoms with Gasteiger partial charge >= 0.3 is 12.1 Å². The predicted molar refractivity (Wildman–Crippen MR) is 124 cm³/mol. The molecule has 2 amide bonds. The first-order valence-corrected chi connectivity index (χ1v) is 11.3. The van der Waals surface area contributed by atoms with Crippen LogP contribution in [0.25, 0.3) is 11.1 Å². The van der Waals surface area contributed by atoms with Crippen molar-refractivity contribution < 1.29 is 34.4 Å². The molecule has 9 heteroatoms. The number of rotatable bonds is 12. The summed E-state index contributed by atoms with van der Waals surface area (Å²) in [4.78, 5) is 35.5. The predicted octanol–water partition coefficient (Wildman–Crippen LogP) is 2.01. The Balaban J connectivity index is 1.46. The highest BCUT2D eigenvalue weighted by atomic mass is 16.5. The fourth-order valence-corrected chi connectivity index (χ4v) is 4.10. The number of aliphatic hydroxyl groups is 2. The van der Waals surface area contributed by atoms with Crippen LogP contribution in [0.5, 0.6) is 0 Å². The number of carboxylic acid groups (broad SMARTS) is 1. The number of carbonyl (C=O) groups excluding carboxylic acids is 2. The van der Waals surface area contributed by atoms with Gasteiger partial charge in [0.15, 0.2) is 0 Å². The fraction of sp³-hybridized carbons (Fsp3) is 0.400. The number of carboxylic acids is 1. The van der Waals surface area contributed by atoms with Gasteiger partial charge in [-0.05, 0) is 41.5 Å². The van der Waals surface area contributed by atoms with Crippen LogP contribution in [0.2, 0.25) is 0 Å². The van der Waals surface area contributed by atoms with E-state index in [0.29, 0.717) is 12.8 Å². The molecule has 9 nitrogen and oxygen atoms in total. The number of aliphatic hydroxyl groups excluding tert-OH is 2. The molecule has 0 unspecified atom stereocenters. The molecule has 34 heavy (non-hydrogen) atoms. The van der Waals surface area contributed by atoms with E-state index in [2.05, 4.69) is 10.6 Å². The molecule has 0 saturated carbocycles. The van der Waals surface area contributed by atoms with Crippen molar-refractivity contribution in [3.05, 3.63) is 59.7 Å². The van der Waals surface area contributed by atoms with Gasteiger partial charge in [0, 0.05) is 25.5 Å². The molecular weight excluding hydrogens is 440 g/mol. The van der Waals surface area contributed by atoms with Crippen molar-refractivity contribution >= 4 is 18.0 Å². The number of hydrogen-bond acceptors (Lipinski definition) is 6. The number of ether oxygens (including phenoxy) is 1. The molecule has 2 aromatic rings. The Morgan fingerprint density at radius 2 is 1.56 bits per heavy atom. The van der Waals surface area contributed by atoms with Crippen molar-refractivity contribution in [2.45, 2.75) is 43.7 Å². The van der Waals surface area contributed by atoms with Gasteiger partial charge in [-0.25, -0.2) is 9.59 Å². The van der Waals surface area contributed by atoms with Crippen molar-refractivity contribution in [1.29, 1.82) is 0 Å². The van der Waals surface area contributed by atoms with Gasteiger partial charge in [0.1, 0.15) is 18.8 Å². The van der Waals surface area contributed by atoms with Gasteiger partial charge in [0.25, 0.3) is 0 Å². The Hall–Kier alpha value is -3.43. The first-order chi connectivity index (χ1) is 16.4. The highest BCUT2D eigenvalue weighted by Crippen LogP contribution is 2.44. The third kappa shape index (κ3) is 6.33. The third-order valence-corrected chi connectivity index (χ3v) is 5.86. The minimum absolute atomic E-state index is 0.0447. The standard InChI is InChI=1S/C25H30N2O7/c28-14-12-22(29)23(30)26-13-6-5-11-21(24(31)32)27-25(33)34-15-20-18-9-3-1-7-16(18)17-8-2-4-10-19(17)20/h1-4,7-10,20-22,28-29H,5-6,11-15H2,(H,26,30)(H,27,33)(H,31,32)/t21-,22+/m0/s1. The van der Waals surface area contributed by atoms with Crippen LogP contribution in [0.4, 0.5) is 4.79 Å². The number of benzene rings is 2. The first-order valence-electron chi connectivity index (χ1n) is 11.3. The van der Waals surface area contributed by atoms with E-state index in [-0.39, 0.29) is 38.5 Å². The number of amides is 2. The third-order valence-electron chi connectivity index (χ3n) is 5.86. The van der Waals surface area contributed by atoms with E-state index in [0.717, 1.165) is 22.3 Å². The van der Waals surface area contributed by atoms with E-state index in [1.54, 1.807) is 0 Å². The lowest BCUT2D eigenvalue weighted by molar-refractivity contribution is -0.139. The van der Waals surface area contributed by atoms with Gasteiger partial charge in [-0.2, -0.15) is 0 Å². The Morgan fingerprint density at radius 1 is 0.941 bits per heavy atom. The SMILES string of the molecule is O=C(N[C@@H](CCCCNC(=O)[C@H](O)CCO)C(=O)O)OCC1c2ccccc2-c2ccccc21. The second-order valence-corrected chi connectivity index (χ2v) is 8.18. The molecule has 3 rings (SSSR count). The molecule has 1 aliphatic carbocycles. The smallest absolute Gasteiger partial charge is 0.407 e. The largest absolute Gasteiger partial charge is 0.480 e. The number of hydrogen-bond donors (Lipinski definition) is 5. The van der Waals surface area contributed by atoms with Gasteiger partial charge in [-0.1, -0.05) is 48.5 Å². The maximum atomic E-state index is 12.4. The van der Waals surface area contributed by atoms with Crippen LogP contribution >= 0.6 is 0 Å². The minimum Gasteiger partial charge on any atom is -0.480 e. The number of carbonyl (C=O) groups is 3. The topological polar surface area (TPSA) is 145 Å². The Bertz CT molecular complexity index is 965. The number of alkyl carbamates (subject to hydrolysis) is 1. The van der Waals surface area contributed by atoms with Crippen LogP contribution in [0.1, 0.15) is 42.7 Å². The quantitative estimate of drug-likeness (QED) is 0.298. The second-order valence-electron chi connectivity index (χ2n) is 8.18. The lowest BCUT2D eigenvalue weighted by Crippen LogP contribution is -2.41. The summed E-state index contributed by atoms with van der Waals surface area (Å²) in [5, 5.41) is 32.6. The molecule has 0 heterocycles. The molecule has 5 N–H and O–H groups in total. The Labute approximate surface area is 197 Å². The van der Waals surface area contributed by atoms with Crippen LogP contribution < -0.4 is 10.6 Å². The van der Waals surface area contributed by atoms with Crippen molar-refractivity contribution in [3.8, 4) is 11.1 Å². The molecule has 0 aromatic heterocycles. The van der Waals surface area contributed by atoms with Crippen LogP contribution in [0, 0.1) is 0 Å². The van der Waals surface area contributed by atoms with E-state index >= 15 is 0 Å². The molecule has 182 valence electrons. The minimum atomic E-state index is -1.27. The zero-order valence-electron chi connectivity index (χ0n) is 18.8. The van der Waals surface area contributed by atoms with Gasteiger partial charge < -0.3 is 30.7 Å². The number of nitrogens with one attached hydrogen (secondary N) is 2. The van der Waals surface area contributed by atoms with Gasteiger partial charge in [0.05, 0.1) is 0 Å². The summed E-state index contributed by atoms with van der Waals surface area (Å²) in [7, 11) is 0. The maximum Gasteiger partial charge on any atom is 0.407 e. The van der Waals surface area contributed by atoms with Crippen molar-refractivity contribution in [3.63, 3.8) is 0 Å². The van der Waals surface area contributed by atoms with E-state index in [4.69, 9.17) is 9.84 Å². The number of fused-ring (bicyclic) bond motifs is 3. The summed E-state index contributed by atoms with van der Waals surface area (Å²) in [5.41, 5.74) is 4.34. The highest BCUT2D eigenvalue weighted by molar-refractivity contribution is 5.81. The number of unbranched alkanes of at least 4 members (excludes halogenated alkanes) is 1. The van der Waals surface area contributed by atoms with Crippen LogP contribution in [-0.2, 0) is 14.3 Å². The Kier molecular flexibility index (Phi) is 9.00. The average molecular weight is 471 g/mol. The maximum absolute atomic E-state index is 12.4. The average Bonchev–Trinajstić information content (AvgIpc) is 3.15. The molecule has 0 bridgehead atoms. The molecule has 0 aliphatic heterocycles. The zero-order valence-corrected chi connectivity index (χ0v) is 18.8. The summed E-state index contributed by atoms with van der Waals surface area (Å²) in [6, 6.07) is 14.8. The molecular formula is C25H30N2O7. The molecule has 0 radical (unpaired) electrons. The van der Waals surface area contributed by atoms with Gasteiger partial charge in [-0.15, -0.1) is 0 Å². The van der Waals surface area contributed by atoms with E-state index in [1.165, 1.54) is 0 Å². The molecule has 1 aliphatic rings. The lowest BCUT2D eigenvalue weighted by Gasteiger charge is -2.17. The van der Waals surface area contributed by atoms with Crippen molar-refractivity contribution in [1.82, 2.24) is 10.6 Å². The Morgan fingerprint density at radius 3 is 2.15 bits per heavy atom. The zero-order chi connectivity index (χ0) is 24.5. The summed E-state index contributed by atoms with van der Waals surface area (Å²) in [6.07, 6.45) is -1.06. The van der Waals surface area contributed by atoms with E-state index in [1.807, 2.05) is 48.5 Å². The normalized spacial score (nSPS) is 13.9. The monoisotopic (exact) mass is 470 g/mol. The summed E-state index contributed by atoms with van der Waals surface area (Å²) < 4.78 is 5.41. The van der Waals surface area contributed by atoms with Gasteiger partial charge in [0.2, 0.25) is 5.91 Å². The molecule has 2 aromatic carbocycles. The summed E-state index contributed by atoms with van der Waals surface area (Å²) in [6.45, 7) is 0.0451. The van der Waals surface area contributed by atoms with Crippen molar-refractivity contribution in [2.24, 2.45) is 0 Å². The molecule has 2 atom stereocenters. The fourth-order valence-electron chi connectivity index (χ4n) is 4.10. The number of aliphatic carboxylic acids is 1. The first kappa shape index (κ1) is 25.2. The molecule has 0 spiro atoms. The lowest BCUT2D eigenvalue weighted by atomic mass is 9.98. The molecule has 0 fully saturated rings. The van der Waals surface area contributed by atoms with Crippen LogP contribution in [0.15, 0.2) is 48.5 Å². The van der Waals surface area contributed by atoms with Crippen LogP contribution in [0.3, 0.4) is 0 Å². The summed E-state index contributed by atoms with van der Waals surface area (Å²) in [5.74, 6) is -1.87. The second kappa shape index (κ2) is 12.2. The van der Waals surface area contributed by atoms with Crippen LogP contribution in [-0.4, -0.2) is 65.2 Å².